The molecule has 0 radical (unpaired) electrons. The molecule has 1 atom stereocenters. The summed E-state index contributed by atoms with van der Waals surface area (Å²) in [6.45, 7) is 6.10. The monoisotopic (exact) mass is 285 g/mol. The van der Waals surface area contributed by atoms with Gasteiger partial charge in [-0.25, -0.2) is 9.78 Å². The number of amides is 2. The van der Waals surface area contributed by atoms with Gasteiger partial charge in [-0.1, -0.05) is 0 Å². The summed E-state index contributed by atoms with van der Waals surface area (Å²) < 4.78 is 0. The van der Waals surface area contributed by atoms with Gasteiger partial charge in [-0.3, -0.25) is 4.79 Å². The number of carbonyl (C=O) groups is 2. The number of rotatable bonds is 6. The number of nitrogens with zero attached hydrogens (tertiary/aromatic N) is 1. The van der Waals surface area contributed by atoms with Crippen LogP contribution < -0.4 is 10.6 Å². The Morgan fingerprint density at radius 3 is 2.63 bits per heavy atom. The van der Waals surface area contributed by atoms with Gasteiger partial charge in [0.2, 0.25) is 0 Å². The summed E-state index contributed by atoms with van der Waals surface area (Å²) in [5, 5.41) is 14.9. The molecule has 1 rings (SSSR count). The fraction of sp³-hybridized carbons (Fsp3) is 0.583. The van der Waals surface area contributed by atoms with E-state index in [4.69, 9.17) is 5.11 Å². The third-order valence-corrected chi connectivity index (χ3v) is 3.79. The summed E-state index contributed by atoms with van der Waals surface area (Å²) in [7, 11) is 0. The first-order chi connectivity index (χ1) is 8.90. The van der Waals surface area contributed by atoms with Crippen LogP contribution in [-0.4, -0.2) is 28.6 Å². The zero-order valence-electron chi connectivity index (χ0n) is 11.3. The number of thiazole rings is 1. The molecule has 0 aliphatic heterocycles. The van der Waals surface area contributed by atoms with Crippen molar-refractivity contribution in [1.29, 1.82) is 0 Å². The van der Waals surface area contributed by atoms with Gasteiger partial charge >= 0.3 is 12.0 Å². The highest BCUT2D eigenvalue weighted by molar-refractivity contribution is 7.11. The lowest BCUT2D eigenvalue weighted by Crippen LogP contribution is -2.37. The number of hydrogen-bond acceptors (Lipinski definition) is 4. The highest BCUT2D eigenvalue weighted by Crippen LogP contribution is 2.24. The van der Waals surface area contributed by atoms with E-state index in [9.17, 15) is 9.59 Å². The van der Waals surface area contributed by atoms with E-state index in [0.717, 1.165) is 15.6 Å². The number of carboxylic acids is 1. The van der Waals surface area contributed by atoms with E-state index in [-0.39, 0.29) is 18.5 Å². The van der Waals surface area contributed by atoms with E-state index in [1.807, 2.05) is 20.8 Å². The SMILES string of the molecule is Cc1nc(C)c(C(C)NC(=O)NCCCC(=O)O)s1. The van der Waals surface area contributed by atoms with Crippen LogP contribution in [0.25, 0.3) is 0 Å². The number of hydrogen-bond donors (Lipinski definition) is 3. The minimum atomic E-state index is -0.855. The van der Waals surface area contributed by atoms with Gasteiger partial charge in [-0.05, 0) is 27.2 Å². The number of aromatic nitrogens is 1. The molecule has 0 aliphatic rings. The quantitative estimate of drug-likeness (QED) is 0.697. The van der Waals surface area contributed by atoms with Crippen molar-refractivity contribution in [1.82, 2.24) is 15.6 Å². The molecule has 0 spiro atoms. The largest absolute Gasteiger partial charge is 0.481 e. The van der Waals surface area contributed by atoms with Crippen molar-refractivity contribution in [2.75, 3.05) is 6.54 Å². The first-order valence-corrected chi connectivity index (χ1v) is 6.92. The second-order valence-electron chi connectivity index (χ2n) is 4.30. The standard InChI is InChI=1S/C12H19N3O3S/c1-7-11(19-9(3)14-7)8(2)15-12(18)13-6-4-5-10(16)17/h8H,4-6H2,1-3H3,(H,16,17)(H2,13,15,18). The van der Waals surface area contributed by atoms with Crippen molar-refractivity contribution >= 4 is 23.3 Å². The van der Waals surface area contributed by atoms with Crippen molar-refractivity contribution in [3.8, 4) is 0 Å². The van der Waals surface area contributed by atoms with Crippen LogP contribution in [0.4, 0.5) is 4.79 Å². The Labute approximate surface area is 116 Å². The van der Waals surface area contributed by atoms with Gasteiger partial charge < -0.3 is 15.7 Å². The Balaban J connectivity index is 2.36. The fourth-order valence-corrected chi connectivity index (χ4v) is 2.63. The number of aryl methyl sites for hydroxylation is 2. The minimum absolute atomic E-state index is 0.0585. The molecule has 0 bridgehead atoms. The van der Waals surface area contributed by atoms with Gasteiger partial charge in [0.1, 0.15) is 0 Å². The third-order valence-electron chi connectivity index (χ3n) is 2.53. The van der Waals surface area contributed by atoms with Gasteiger partial charge in [0.25, 0.3) is 0 Å². The average Bonchev–Trinajstić information content (AvgIpc) is 2.64. The topological polar surface area (TPSA) is 91.3 Å². The van der Waals surface area contributed by atoms with E-state index in [1.165, 1.54) is 0 Å². The average molecular weight is 285 g/mol. The van der Waals surface area contributed by atoms with Crippen LogP contribution >= 0.6 is 11.3 Å². The minimum Gasteiger partial charge on any atom is -0.481 e. The molecule has 1 unspecified atom stereocenters. The van der Waals surface area contributed by atoms with E-state index in [1.54, 1.807) is 11.3 Å². The first-order valence-electron chi connectivity index (χ1n) is 6.10. The Hall–Kier alpha value is -1.63. The normalized spacial score (nSPS) is 11.9. The van der Waals surface area contributed by atoms with Crippen molar-refractivity contribution in [2.45, 2.75) is 39.7 Å². The molecule has 3 N–H and O–H groups in total. The smallest absolute Gasteiger partial charge is 0.315 e. The van der Waals surface area contributed by atoms with Gasteiger partial charge in [-0.2, -0.15) is 0 Å². The Bertz CT molecular complexity index is 459. The molecule has 0 aromatic carbocycles. The number of urea groups is 1. The van der Waals surface area contributed by atoms with Crippen LogP contribution in [0.3, 0.4) is 0 Å². The molecule has 106 valence electrons. The molecule has 1 aromatic heterocycles. The van der Waals surface area contributed by atoms with E-state index in [0.29, 0.717) is 13.0 Å². The Morgan fingerprint density at radius 2 is 2.11 bits per heavy atom. The van der Waals surface area contributed by atoms with Crippen LogP contribution in [0, 0.1) is 13.8 Å². The molecule has 6 nitrogen and oxygen atoms in total. The molecule has 1 heterocycles. The van der Waals surface area contributed by atoms with Crippen molar-refractivity contribution < 1.29 is 14.7 Å². The van der Waals surface area contributed by atoms with Crippen LogP contribution in [-0.2, 0) is 4.79 Å². The third kappa shape index (κ3) is 5.25. The maximum Gasteiger partial charge on any atom is 0.315 e. The summed E-state index contributed by atoms with van der Waals surface area (Å²) in [6, 6.07) is -0.394. The molecule has 19 heavy (non-hydrogen) atoms. The maximum absolute atomic E-state index is 11.6. The second-order valence-corrected chi connectivity index (χ2v) is 5.54. The lowest BCUT2D eigenvalue weighted by atomic mass is 10.2. The zero-order valence-corrected chi connectivity index (χ0v) is 12.1. The molecule has 2 amide bonds. The molecule has 0 saturated carbocycles. The highest BCUT2D eigenvalue weighted by atomic mass is 32.1. The number of carbonyl (C=O) groups excluding carboxylic acids is 1. The van der Waals surface area contributed by atoms with Crippen LogP contribution in [0.5, 0.6) is 0 Å². The molecule has 0 fully saturated rings. The van der Waals surface area contributed by atoms with Gasteiger partial charge in [0.15, 0.2) is 0 Å². The number of aliphatic carboxylic acids is 1. The lowest BCUT2D eigenvalue weighted by molar-refractivity contribution is -0.137. The van der Waals surface area contributed by atoms with Gasteiger partial charge in [-0.15, -0.1) is 11.3 Å². The predicted molar refractivity (Wildman–Crippen MR) is 73.4 cm³/mol. The summed E-state index contributed by atoms with van der Waals surface area (Å²) in [4.78, 5) is 27.3. The molecule has 7 heteroatoms. The zero-order chi connectivity index (χ0) is 14.4. The van der Waals surface area contributed by atoms with Crippen molar-refractivity contribution in [2.24, 2.45) is 0 Å². The second kappa shape index (κ2) is 7.08. The van der Waals surface area contributed by atoms with E-state index in [2.05, 4.69) is 15.6 Å². The summed E-state index contributed by atoms with van der Waals surface area (Å²) in [5.41, 5.74) is 0.932. The predicted octanol–water partition coefficient (Wildman–Crippen LogP) is 1.98. The summed E-state index contributed by atoms with van der Waals surface area (Å²) in [5.74, 6) is -0.855. The lowest BCUT2D eigenvalue weighted by Gasteiger charge is -2.13. The van der Waals surface area contributed by atoms with E-state index >= 15 is 0 Å². The molecular weight excluding hydrogens is 266 g/mol. The Morgan fingerprint density at radius 1 is 1.42 bits per heavy atom. The van der Waals surface area contributed by atoms with Gasteiger partial charge in [0, 0.05) is 17.8 Å². The molecule has 0 saturated heterocycles. The summed E-state index contributed by atoms with van der Waals surface area (Å²) >= 11 is 1.57. The Kier molecular flexibility index (Phi) is 5.75. The van der Waals surface area contributed by atoms with Crippen LogP contribution in [0.2, 0.25) is 0 Å². The van der Waals surface area contributed by atoms with Gasteiger partial charge in [0.05, 0.1) is 16.7 Å². The maximum atomic E-state index is 11.6. The molecular formula is C12H19N3O3S. The van der Waals surface area contributed by atoms with Crippen molar-refractivity contribution in [3.05, 3.63) is 15.6 Å². The number of nitrogens with one attached hydrogen (secondary N) is 2. The number of carboxylic acid groups (broad SMARTS) is 1. The van der Waals surface area contributed by atoms with Crippen LogP contribution in [0.1, 0.15) is 41.4 Å². The highest BCUT2D eigenvalue weighted by Gasteiger charge is 2.14. The fourth-order valence-electron chi connectivity index (χ4n) is 1.70. The summed E-state index contributed by atoms with van der Waals surface area (Å²) in [6.07, 6.45) is 0.485. The molecule has 0 aliphatic carbocycles. The molecule has 1 aromatic rings. The van der Waals surface area contributed by atoms with Crippen LogP contribution in [0.15, 0.2) is 0 Å². The first kappa shape index (κ1) is 15.4. The van der Waals surface area contributed by atoms with E-state index < -0.39 is 5.97 Å². The van der Waals surface area contributed by atoms with Crippen molar-refractivity contribution in [3.63, 3.8) is 0 Å².